The minimum absolute atomic E-state index is 0.105. The molecule has 0 aliphatic rings. The molecule has 12 nitrogen and oxygen atoms in total. The first kappa shape index (κ1) is 30.1. The molecule has 3 heterocycles. The fraction of sp³-hybridized carbons (Fsp3) is 0.321. The molecule has 0 saturated heterocycles. The SMILES string of the molecule is C=CC(=O)Nc1cc(Nc2nccc(-n3nc(N(C)C)c4ccccc43)n2)c(OCC(F)F)nc1N(C)CCN(C)C. The van der Waals surface area contributed by atoms with Crippen molar-refractivity contribution in [2.45, 2.75) is 6.43 Å². The topological polar surface area (TPSA) is 117 Å². The van der Waals surface area contributed by atoms with Gasteiger partial charge in [-0.05, 0) is 38.4 Å². The average molecular weight is 581 g/mol. The van der Waals surface area contributed by atoms with Gasteiger partial charge in [0.1, 0.15) is 5.69 Å². The van der Waals surface area contributed by atoms with Crippen molar-refractivity contribution in [1.29, 1.82) is 0 Å². The molecule has 0 atom stereocenters. The Bertz CT molecular complexity index is 1560. The second kappa shape index (κ2) is 13.2. The summed E-state index contributed by atoms with van der Waals surface area (Å²) in [5.74, 6) is 1.13. The molecule has 0 unspecified atom stereocenters. The van der Waals surface area contributed by atoms with E-state index >= 15 is 0 Å². The van der Waals surface area contributed by atoms with Gasteiger partial charge in [0.25, 0.3) is 6.43 Å². The van der Waals surface area contributed by atoms with Crippen LogP contribution in [0.3, 0.4) is 0 Å². The molecular formula is C28H34F2N10O2. The lowest BCUT2D eigenvalue weighted by molar-refractivity contribution is -0.111. The Balaban J connectivity index is 1.76. The lowest BCUT2D eigenvalue weighted by Crippen LogP contribution is -2.30. The Kier molecular flexibility index (Phi) is 9.47. The summed E-state index contributed by atoms with van der Waals surface area (Å²) in [7, 11) is 9.44. The summed E-state index contributed by atoms with van der Waals surface area (Å²) in [5.41, 5.74) is 1.34. The number of rotatable bonds is 13. The highest BCUT2D eigenvalue weighted by atomic mass is 19.3. The number of carbonyl (C=O) groups is 1. The van der Waals surface area contributed by atoms with E-state index in [0.29, 0.717) is 30.4 Å². The number of nitrogens with zero attached hydrogens (tertiary/aromatic N) is 8. The molecule has 0 aliphatic heterocycles. The van der Waals surface area contributed by atoms with Gasteiger partial charge in [-0.3, -0.25) is 4.79 Å². The molecule has 0 fully saturated rings. The van der Waals surface area contributed by atoms with Crippen LogP contribution in [0.2, 0.25) is 0 Å². The molecule has 3 aromatic heterocycles. The van der Waals surface area contributed by atoms with Crippen molar-refractivity contribution in [2.75, 3.05) is 75.4 Å². The average Bonchev–Trinajstić information content (AvgIpc) is 3.35. The molecule has 4 rings (SSSR count). The summed E-state index contributed by atoms with van der Waals surface area (Å²) in [4.78, 5) is 31.4. The van der Waals surface area contributed by atoms with Crippen LogP contribution in [-0.2, 0) is 4.79 Å². The van der Waals surface area contributed by atoms with E-state index < -0.39 is 18.9 Å². The maximum absolute atomic E-state index is 13.2. The van der Waals surface area contributed by atoms with Crippen molar-refractivity contribution in [3.05, 3.63) is 55.3 Å². The number of nitrogens with one attached hydrogen (secondary N) is 2. The predicted molar refractivity (Wildman–Crippen MR) is 161 cm³/mol. The number of amides is 1. The lowest BCUT2D eigenvalue weighted by Gasteiger charge is -2.24. The molecule has 4 aromatic rings. The highest BCUT2D eigenvalue weighted by Crippen LogP contribution is 2.35. The Morgan fingerprint density at radius 1 is 1.07 bits per heavy atom. The monoisotopic (exact) mass is 580 g/mol. The minimum atomic E-state index is -2.73. The Hall–Kier alpha value is -4.85. The molecule has 0 aliphatic carbocycles. The van der Waals surface area contributed by atoms with Crippen molar-refractivity contribution in [2.24, 2.45) is 0 Å². The zero-order valence-corrected chi connectivity index (χ0v) is 24.2. The summed E-state index contributed by atoms with van der Waals surface area (Å²) in [6, 6.07) is 11.0. The van der Waals surface area contributed by atoms with Crippen LogP contribution in [0.15, 0.2) is 55.3 Å². The number of alkyl halides is 2. The molecule has 222 valence electrons. The highest BCUT2D eigenvalue weighted by Gasteiger charge is 2.20. The van der Waals surface area contributed by atoms with Gasteiger partial charge in [0.15, 0.2) is 24.1 Å². The first-order valence-electron chi connectivity index (χ1n) is 13.1. The van der Waals surface area contributed by atoms with Crippen molar-refractivity contribution >= 4 is 45.8 Å². The molecule has 14 heteroatoms. The van der Waals surface area contributed by atoms with Gasteiger partial charge in [0.2, 0.25) is 17.7 Å². The van der Waals surface area contributed by atoms with Gasteiger partial charge in [0, 0.05) is 51.9 Å². The molecule has 2 N–H and O–H groups in total. The molecule has 1 amide bonds. The third kappa shape index (κ3) is 7.07. The first-order valence-corrected chi connectivity index (χ1v) is 13.1. The number of para-hydroxylation sites is 1. The fourth-order valence-electron chi connectivity index (χ4n) is 4.05. The van der Waals surface area contributed by atoms with Crippen molar-refractivity contribution in [3.8, 4) is 11.7 Å². The van der Waals surface area contributed by atoms with Gasteiger partial charge in [-0.15, -0.1) is 5.10 Å². The van der Waals surface area contributed by atoms with Crippen LogP contribution in [0, 0.1) is 0 Å². The lowest BCUT2D eigenvalue weighted by atomic mass is 10.2. The van der Waals surface area contributed by atoms with Gasteiger partial charge in [-0.25, -0.2) is 18.4 Å². The van der Waals surface area contributed by atoms with E-state index in [1.165, 1.54) is 0 Å². The third-order valence-electron chi connectivity index (χ3n) is 6.10. The van der Waals surface area contributed by atoms with Crippen LogP contribution >= 0.6 is 0 Å². The molecule has 0 spiro atoms. The van der Waals surface area contributed by atoms with Crippen molar-refractivity contribution < 1.29 is 18.3 Å². The first-order chi connectivity index (χ1) is 20.1. The largest absolute Gasteiger partial charge is 0.470 e. The van der Waals surface area contributed by atoms with E-state index in [1.807, 2.05) is 62.3 Å². The summed E-state index contributed by atoms with van der Waals surface area (Å²) in [6.45, 7) is 3.85. The standard InChI is InChI=1S/C28H34F2N10O2/c1-7-24(41)32-19-16-20(27(42-17-22(29)30)35-26(19)39(6)15-14-37(2)3)33-28-31-13-12-23(34-28)40-21-11-9-8-10-18(21)25(36-40)38(4)5/h7-13,16,22H,1,14-15,17H2,2-6H3,(H,32,41)(H,31,33,34). The number of carbonyl (C=O) groups excluding carboxylic acids is 1. The fourth-order valence-corrected chi connectivity index (χ4v) is 4.05. The second-order valence-electron chi connectivity index (χ2n) is 9.84. The Morgan fingerprint density at radius 2 is 1.83 bits per heavy atom. The molecule has 0 saturated carbocycles. The summed E-state index contributed by atoms with van der Waals surface area (Å²) in [6.07, 6.45) is -0.0536. The number of hydrogen-bond donors (Lipinski definition) is 2. The van der Waals surface area contributed by atoms with E-state index in [-0.39, 0.29) is 17.5 Å². The molecular weight excluding hydrogens is 546 g/mol. The van der Waals surface area contributed by atoms with E-state index in [0.717, 1.165) is 22.8 Å². The van der Waals surface area contributed by atoms with Gasteiger partial charge in [-0.1, -0.05) is 18.7 Å². The van der Waals surface area contributed by atoms with Gasteiger partial charge in [-0.2, -0.15) is 9.97 Å². The number of fused-ring (bicyclic) bond motifs is 1. The minimum Gasteiger partial charge on any atom is -0.470 e. The van der Waals surface area contributed by atoms with Crippen LogP contribution in [0.4, 0.5) is 37.7 Å². The van der Waals surface area contributed by atoms with E-state index in [4.69, 9.17) is 9.84 Å². The number of anilines is 5. The van der Waals surface area contributed by atoms with Crippen LogP contribution in [0.1, 0.15) is 0 Å². The molecule has 0 radical (unpaired) electrons. The number of halogens is 2. The molecule has 1 aromatic carbocycles. The number of benzene rings is 1. The summed E-state index contributed by atoms with van der Waals surface area (Å²) in [5, 5.41) is 11.4. The molecule has 0 bridgehead atoms. The van der Waals surface area contributed by atoms with Crippen molar-refractivity contribution in [1.82, 2.24) is 29.6 Å². The smallest absolute Gasteiger partial charge is 0.272 e. The second-order valence-corrected chi connectivity index (χ2v) is 9.84. The maximum Gasteiger partial charge on any atom is 0.272 e. The predicted octanol–water partition coefficient (Wildman–Crippen LogP) is 3.79. The number of likely N-dealkylation sites (N-methyl/N-ethyl adjacent to an activating group) is 2. The third-order valence-corrected chi connectivity index (χ3v) is 6.10. The van der Waals surface area contributed by atoms with Gasteiger partial charge < -0.3 is 30.1 Å². The van der Waals surface area contributed by atoms with E-state index in [2.05, 4.69) is 32.2 Å². The van der Waals surface area contributed by atoms with Crippen LogP contribution in [-0.4, -0.2) is 96.9 Å². The van der Waals surface area contributed by atoms with E-state index in [9.17, 15) is 13.6 Å². The van der Waals surface area contributed by atoms with Gasteiger partial charge in [0.05, 0.1) is 11.2 Å². The highest BCUT2D eigenvalue weighted by molar-refractivity contribution is 6.01. The number of aromatic nitrogens is 5. The summed E-state index contributed by atoms with van der Waals surface area (Å²) < 4.78 is 33.5. The normalized spacial score (nSPS) is 11.2. The Morgan fingerprint density at radius 3 is 2.52 bits per heavy atom. The number of ether oxygens (including phenoxy) is 1. The summed E-state index contributed by atoms with van der Waals surface area (Å²) >= 11 is 0. The zero-order chi connectivity index (χ0) is 30.4. The molecule has 42 heavy (non-hydrogen) atoms. The van der Waals surface area contributed by atoms with Crippen LogP contribution < -0.4 is 25.2 Å². The maximum atomic E-state index is 13.2. The van der Waals surface area contributed by atoms with Gasteiger partial charge >= 0.3 is 0 Å². The number of hydrogen-bond acceptors (Lipinski definition) is 10. The van der Waals surface area contributed by atoms with Crippen LogP contribution in [0.25, 0.3) is 16.7 Å². The zero-order valence-electron chi connectivity index (χ0n) is 24.2. The van der Waals surface area contributed by atoms with Crippen LogP contribution in [0.5, 0.6) is 5.88 Å². The van der Waals surface area contributed by atoms with E-state index in [1.54, 1.807) is 35.0 Å². The number of pyridine rings is 1. The van der Waals surface area contributed by atoms with Crippen molar-refractivity contribution in [3.63, 3.8) is 0 Å². The Labute approximate surface area is 242 Å². The quantitative estimate of drug-likeness (QED) is 0.226.